The highest BCUT2D eigenvalue weighted by atomic mass is 32.2. The predicted octanol–water partition coefficient (Wildman–Crippen LogP) is 4.64. The molecule has 36 heavy (non-hydrogen) atoms. The number of hydrazone groups is 1. The third kappa shape index (κ3) is 5.83. The Morgan fingerprint density at radius 1 is 1.06 bits per heavy atom. The summed E-state index contributed by atoms with van der Waals surface area (Å²) in [5, 5.41) is 8.92. The molecule has 3 aromatic rings. The molecule has 1 N–H and O–H groups in total. The number of benzene rings is 2. The Labute approximate surface area is 213 Å². The first-order chi connectivity index (χ1) is 17.5. The Morgan fingerprint density at radius 2 is 1.78 bits per heavy atom. The largest absolute Gasteiger partial charge is 0.493 e. The van der Waals surface area contributed by atoms with Gasteiger partial charge in [-0.2, -0.15) is 5.10 Å². The third-order valence-corrected chi connectivity index (χ3v) is 6.88. The molecular weight excluding hydrogens is 478 g/mol. The number of thioether (sulfide) groups is 1. The van der Waals surface area contributed by atoms with E-state index in [1.54, 1.807) is 20.3 Å². The van der Waals surface area contributed by atoms with Crippen LogP contribution in [0.3, 0.4) is 0 Å². The van der Waals surface area contributed by atoms with E-state index in [4.69, 9.17) is 14.6 Å². The average molecular weight is 506 g/mol. The first-order valence-electron chi connectivity index (χ1n) is 11.5. The van der Waals surface area contributed by atoms with Crippen molar-refractivity contribution < 1.29 is 19.1 Å². The lowest BCUT2D eigenvalue weighted by atomic mass is 10.0. The summed E-state index contributed by atoms with van der Waals surface area (Å²) >= 11 is 1.29. The number of methoxy groups -OCH3 is 2. The van der Waals surface area contributed by atoms with Gasteiger partial charge < -0.3 is 14.8 Å². The maximum atomic E-state index is 12.8. The van der Waals surface area contributed by atoms with E-state index in [-0.39, 0.29) is 22.2 Å². The number of ether oxygens (including phenoxy) is 2. The van der Waals surface area contributed by atoms with E-state index in [0.29, 0.717) is 30.2 Å². The van der Waals surface area contributed by atoms with E-state index in [1.165, 1.54) is 29.2 Å². The normalized spacial score (nSPS) is 15.3. The lowest BCUT2D eigenvalue weighted by Gasteiger charge is -2.28. The van der Waals surface area contributed by atoms with Crippen LogP contribution in [0.1, 0.15) is 35.1 Å². The Kier molecular flexibility index (Phi) is 8.17. The Balaban J connectivity index is 1.45. The van der Waals surface area contributed by atoms with Crippen molar-refractivity contribution in [2.75, 3.05) is 26.1 Å². The Morgan fingerprint density at radius 3 is 2.44 bits per heavy atom. The zero-order chi connectivity index (χ0) is 25.5. The predicted molar refractivity (Wildman–Crippen MR) is 140 cm³/mol. The van der Waals surface area contributed by atoms with Gasteiger partial charge in [0.25, 0.3) is 5.91 Å². The number of hydrogen-bond donors (Lipinski definition) is 1. The van der Waals surface area contributed by atoms with Gasteiger partial charge in [-0.3, -0.25) is 9.59 Å². The van der Waals surface area contributed by atoms with Gasteiger partial charge in [-0.15, -0.1) is 0 Å². The monoisotopic (exact) mass is 505 g/mol. The fraction of sp³-hybridized carbons (Fsp3) is 0.269. The molecule has 10 heteroatoms. The van der Waals surface area contributed by atoms with Crippen LogP contribution >= 0.6 is 11.8 Å². The topological polar surface area (TPSA) is 106 Å². The summed E-state index contributed by atoms with van der Waals surface area (Å²) in [6, 6.07) is 14.8. The molecule has 1 aliphatic rings. The van der Waals surface area contributed by atoms with Crippen LogP contribution in [0, 0.1) is 0 Å². The van der Waals surface area contributed by atoms with Gasteiger partial charge in [0.05, 0.1) is 25.2 Å². The third-order valence-electron chi connectivity index (χ3n) is 5.63. The summed E-state index contributed by atoms with van der Waals surface area (Å²) in [4.78, 5) is 32.9. The highest BCUT2D eigenvalue weighted by molar-refractivity contribution is 8.14. The molecule has 186 valence electrons. The standard InChI is InChI=1S/C26H27N5O4S/c1-4-22-23(18-8-11-20(34-2)21(16-18)35-3)30-31(26(33)36-22)15-12-17-6-9-19(10-7-17)29-25(32)24-27-13-5-14-28-24/h5-11,13-14,16,22H,4,12,15H2,1-3H3,(H,29,32). The number of hydrogen-bond acceptors (Lipinski definition) is 8. The molecular formula is C26H27N5O4S. The maximum Gasteiger partial charge on any atom is 0.302 e. The van der Waals surface area contributed by atoms with Gasteiger partial charge in [0.15, 0.2) is 11.5 Å². The fourth-order valence-electron chi connectivity index (χ4n) is 3.72. The number of nitrogens with zero attached hydrogens (tertiary/aromatic N) is 4. The van der Waals surface area contributed by atoms with Crippen LogP contribution < -0.4 is 14.8 Å². The molecule has 2 aromatic carbocycles. The van der Waals surface area contributed by atoms with Gasteiger partial charge >= 0.3 is 5.24 Å². The van der Waals surface area contributed by atoms with Crippen LogP contribution in [0.5, 0.6) is 11.5 Å². The molecule has 1 aliphatic heterocycles. The number of amides is 2. The first-order valence-corrected chi connectivity index (χ1v) is 12.4. The van der Waals surface area contributed by atoms with Gasteiger partial charge in [-0.1, -0.05) is 30.8 Å². The van der Waals surface area contributed by atoms with Crippen molar-refractivity contribution in [3.05, 3.63) is 77.9 Å². The molecule has 1 aromatic heterocycles. The fourth-order valence-corrected chi connectivity index (χ4v) is 4.68. The molecule has 0 fully saturated rings. The van der Waals surface area contributed by atoms with Gasteiger partial charge in [0.2, 0.25) is 5.82 Å². The van der Waals surface area contributed by atoms with Gasteiger partial charge in [-0.05, 0) is 54.8 Å². The van der Waals surface area contributed by atoms with Crippen molar-refractivity contribution >= 4 is 34.3 Å². The minimum absolute atomic E-state index is 0.0386. The maximum absolute atomic E-state index is 12.8. The summed E-state index contributed by atoms with van der Waals surface area (Å²) < 4.78 is 10.8. The number of rotatable bonds is 9. The van der Waals surface area contributed by atoms with Crippen molar-refractivity contribution in [1.29, 1.82) is 0 Å². The van der Waals surface area contributed by atoms with E-state index in [9.17, 15) is 9.59 Å². The average Bonchev–Trinajstić information content (AvgIpc) is 2.93. The molecule has 0 spiro atoms. The number of anilines is 1. The number of aromatic nitrogens is 2. The van der Waals surface area contributed by atoms with Crippen molar-refractivity contribution in [2.45, 2.75) is 25.0 Å². The SMILES string of the molecule is CCC1SC(=O)N(CCc2ccc(NC(=O)c3ncccn3)cc2)N=C1c1ccc(OC)c(OC)c1. The van der Waals surface area contributed by atoms with E-state index in [1.807, 2.05) is 49.4 Å². The summed E-state index contributed by atoms with van der Waals surface area (Å²) in [6.45, 7) is 2.48. The highest BCUT2D eigenvalue weighted by Gasteiger charge is 2.30. The van der Waals surface area contributed by atoms with Gasteiger partial charge in [0.1, 0.15) is 0 Å². The van der Waals surface area contributed by atoms with Crippen molar-refractivity contribution in [2.24, 2.45) is 5.10 Å². The van der Waals surface area contributed by atoms with Crippen molar-refractivity contribution in [3.63, 3.8) is 0 Å². The lowest BCUT2D eigenvalue weighted by Crippen LogP contribution is -2.36. The minimum atomic E-state index is -0.373. The molecule has 9 nitrogen and oxygen atoms in total. The second-order valence-corrected chi connectivity index (χ2v) is 9.09. The summed E-state index contributed by atoms with van der Waals surface area (Å²) in [5.74, 6) is 0.993. The number of carbonyl (C=O) groups is 2. The summed E-state index contributed by atoms with van der Waals surface area (Å²) in [6.07, 6.45) is 4.43. The molecule has 0 aliphatic carbocycles. The van der Waals surface area contributed by atoms with Gasteiger partial charge in [-0.25, -0.2) is 15.0 Å². The molecule has 2 amide bonds. The zero-order valence-electron chi connectivity index (χ0n) is 20.3. The van der Waals surface area contributed by atoms with E-state index in [0.717, 1.165) is 23.3 Å². The molecule has 0 saturated heterocycles. The molecule has 0 radical (unpaired) electrons. The second kappa shape index (κ2) is 11.7. The lowest BCUT2D eigenvalue weighted by molar-refractivity contribution is 0.101. The van der Waals surface area contributed by atoms with Crippen LogP contribution in [-0.4, -0.2) is 57.8 Å². The van der Waals surface area contributed by atoms with Crippen LogP contribution in [0.4, 0.5) is 10.5 Å². The van der Waals surface area contributed by atoms with Crippen molar-refractivity contribution in [3.8, 4) is 11.5 Å². The minimum Gasteiger partial charge on any atom is -0.493 e. The Bertz CT molecular complexity index is 1250. The van der Waals surface area contributed by atoms with Gasteiger partial charge in [0, 0.05) is 30.2 Å². The Hall–Kier alpha value is -3.92. The van der Waals surface area contributed by atoms with E-state index >= 15 is 0 Å². The molecule has 1 atom stereocenters. The van der Waals surface area contributed by atoms with E-state index < -0.39 is 0 Å². The van der Waals surface area contributed by atoms with Crippen LogP contribution in [0.15, 0.2) is 66.0 Å². The number of nitrogens with one attached hydrogen (secondary N) is 1. The van der Waals surface area contributed by atoms with Crippen LogP contribution in [0.25, 0.3) is 0 Å². The molecule has 0 bridgehead atoms. The molecule has 2 heterocycles. The summed E-state index contributed by atoms with van der Waals surface area (Å²) in [5.41, 5.74) is 3.39. The highest BCUT2D eigenvalue weighted by Crippen LogP contribution is 2.33. The molecule has 4 rings (SSSR count). The van der Waals surface area contributed by atoms with E-state index in [2.05, 4.69) is 15.3 Å². The first kappa shape index (κ1) is 25.2. The van der Waals surface area contributed by atoms with Crippen molar-refractivity contribution in [1.82, 2.24) is 15.0 Å². The quantitative estimate of drug-likeness (QED) is 0.452. The smallest absolute Gasteiger partial charge is 0.302 e. The van der Waals surface area contributed by atoms with Crippen LogP contribution in [0.2, 0.25) is 0 Å². The number of carbonyl (C=O) groups excluding carboxylic acids is 2. The molecule has 0 saturated carbocycles. The zero-order valence-corrected chi connectivity index (χ0v) is 21.1. The van der Waals surface area contributed by atoms with Crippen LogP contribution in [-0.2, 0) is 6.42 Å². The molecule has 1 unspecified atom stereocenters. The summed E-state index contributed by atoms with van der Waals surface area (Å²) in [7, 11) is 3.19. The second-order valence-electron chi connectivity index (χ2n) is 7.93.